The van der Waals surface area contributed by atoms with Crippen LogP contribution >= 0.6 is 0 Å². The Labute approximate surface area is 209 Å². The van der Waals surface area contributed by atoms with E-state index in [2.05, 4.69) is 37.4 Å². The third-order valence-electron chi connectivity index (χ3n) is 7.96. The van der Waals surface area contributed by atoms with Gasteiger partial charge < -0.3 is 15.3 Å². The van der Waals surface area contributed by atoms with Crippen molar-refractivity contribution >= 4 is 11.8 Å². The summed E-state index contributed by atoms with van der Waals surface area (Å²) in [5, 5.41) is 14.2. The van der Waals surface area contributed by atoms with Crippen molar-refractivity contribution in [2.45, 2.75) is 83.3 Å². The molecular weight excluding hydrogens is 436 g/mol. The van der Waals surface area contributed by atoms with Crippen LogP contribution < -0.4 is 5.32 Å². The number of nitrogens with zero attached hydrogens (tertiary/aromatic N) is 1. The Kier molecular flexibility index (Phi) is 7.95. The molecule has 5 nitrogen and oxygen atoms in total. The van der Waals surface area contributed by atoms with Crippen molar-refractivity contribution in [2.24, 2.45) is 5.92 Å². The van der Waals surface area contributed by atoms with Crippen LogP contribution in [0.3, 0.4) is 0 Å². The van der Waals surface area contributed by atoms with Crippen molar-refractivity contribution in [1.82, 2.24) is 10.2 Å². The maximum absolute atomic E-state index is 12.5. The van der Waals surface area contributed by atoms with Gasteiger partial charge in [0, 0.05) is 37.0 Å². The van der Waals surface area contributed by atoms with Gasteiger partial charge in [0.2, 0.25) is 5.91 Å². The normalized spacial score (nSPS) is 17.8. The van der Waals surface area contributed by atoms with Crippen molar-refractivity contribution in [3.8, 4) is 11.1 Å². The van der Waals surface area contributed by atoms with Gasteiger partial charge in [0.1, 0.15) is 0 Å². The number of hydrogen-bond acceptors (Lipinski definition) is 3. The molecule has 1 atom stereocenters. The van der Waals surface area contributed by atoms with Crippen molar-refractivity contribution in [1.29, 1.82) is 0 Å². The second-order valence-corrected chi connectivity index (χ2v) is 11.0. The van der Waals surface area contributed by atoms with Crippen LogP contribution in [0.4, 0.5) is 0 Å². The Morgan fingerprint density at radius 2 is 1.69 bits per heavy atom. The second kappa shape index (κ2) is 10.9. The SMILES string of the molecule is CC(=O)N1CCC(CCCC(O)C(C)(C)c2cccc(-c3cccc(C(=O)NC4CC4)c3)c2)CC1. The molecule has 1 saturated heterocycles. The number of aliphatic hydroxyl groups excluding tert-OH is 1. The molecule has 0 bridgehead atoms. The highest BCUT2D eigenvalue weighted by Crippen LogP contribution is 2.34. The van der Waals surface area contributed by atoms with E-state index < -0.39 is 6.10 Å². The molecule has 0 aromatic heterocycles. The van der Waals surface area contributed by atoms with Crippen molar-refractivity contribution < 1.29 is 14.7 Å². The molecule has 5 heteroatoms. The van der Waals surface area contributed by atoms with Gasteiger partial charge in [0.15, 0.2) is 0 Å². The van der Waals surface area contributed by atoms with Crippen molar-refractivity contribution in [2.75, 3.05) is 13.1 Å². The topological polar surface area (TPSA) is 69.6 Å². The van der Waals surface area contributed by atoms with Gasteiger partial charge in [-0.25, -0.2) is 0 Å². The highest BCUT2D eigenvalue weighted by molar-refractivity contribution is 5.95. The highest BCUT2D eigenvalue weighted by Gasteiger charge is 2.30. The van der Waals surface area contributed by atoms with E-state index in [-0.39, 0.29) is 17.2 Å². The Hall–Kier alpha value is -2.66. The predicted octanol–water partition coefficient (Wildman–Crippen LogP) is 5.31. The molecule has 188 valence electrons. The first-order valence-electron chi connectivity index (χ1n) is 13.2. The van der Waals surface area contributed by atoms with Crippen LogP contribution in [0.2, 0.25) is 0 Å². The zero-order valence-corrected chi connectivity index (χ0v) is 21.4. The van der Waals surface area contributed by atoms with E-state index in [9.17, 15) is 14.7 Å². The van der Waals surface area contributed by atoms with E-state index >= 15 is 0 Å². The molecule has 2 aromatic rings. The van der Waals surface area contributed by atoms with E-state index in [0.29, 0.717) is 17.5 Å². The van der Waals surface area contributed by atoms with E-state index in [0.717, 1.165) is 74.7 Å². The van der Waals surface area contributed by atoms with Gasteiger partial charge >= 0.3 is 0 Å². The van der Waals surface area contributed by atoms with Gasteiger partial charge in [0.25, 0.3) is 5.91 Å². The first-order valence-corrected chi connectivity index (χ1v) is 13.2. The van der Waals surface area contributed by atoms with Crippen LogP contribution in [0.15, 0.2) is 48.5 Å². The van der Waals surface area contributed by atoms with Crippen LogP contribution in [0.5, 0.6) is 0 Å². The Morgan fingerprint density at radius 1 is 1.03 bits per heavy atom. The maximum atomic E-state index is 12.5. The lowest BCUT2D eigenvalue weighted by Crippen LogP contribution is -2.37. The molecule has 1 unspecified atom stereocenters. The van der Waals surface area contributed by atoms with Gasteiger partial charge in [-0.2, -0.15) is 0 Å². The molecule has 2 amide bonds. The zero-order valence-electron chi connectivity index (χ0n) is 21.4. The molecule has 0 spiro atoms. The lowest BCUT2D eigenvalue weighted by atomic mass is 9.76. The van der Waals surface area contributed by atoms with Gasteiger partial charge in [0.05, 0.1) is 6.10 Å². The van der Waals surface area contributed by atoms with Gasteiger partial charge in [-0.15, -0.1) is 0 Å². The average molecular weight is 477 g/mol. The first-order chi connectivity index (χ1) is 16.7. The largest absolute Gasteiger partial charge is 0.392 e. The summed E-state index contributed by atoms with van der Waals surface area (Å²) >= 11 is 0. The minimum absolute atomic E-state index is 0.00627. The van der Waals surface area contributed by atoms with E-state index in [1.165, 1.54) is 0 Å². The van der Waals surface area contributed by atoms with E-state index in [1.54, 1.807) is 6.92 Å². The van der Waals surface area contributed by atoms with E-state index in [4.69, 9.17) is 0 Å². The smallest absolute Gasteiger partial charge is 0.251 e. The Bertz CT molecular complexity index is 1040. The summed E-state index contributed by atoms with van der Waals surface area (Å²) in [5.74, 6) is 0.818. The Balaban J connectivity index is 1.36. The van der Waals surface area contributed by atoms with Crippen LogP contribution in [0.1, 0.15) is 81.6 Å². The maximum Gasteiger partial charge on any atom is 0.251 e. The lowest BCUT2D eigenvalue weighted by Gasteiger charge is -2.33. The predicted molar refractivity (Wildman–Crippen MR) is 140 cm³/mol. The molecule has 35 heavy (non-hydrogen) atoms. The number of rotatable bonds is 9. The molecule has 2 aliphatic rings. The number of carbonyl (C=O) groups is 2. The fourth-order valence-electron chi connectivity index (χ4n) is 5.13. The third kappa shape index (κ3) is 6.52. The number of carbonyl (C=O) groups excluding carboxylic acids is 2. The number of aliphatic hydroxyl groups is 1. The summed E-state index contributed by atoms with van der Waals surface area (Å²) in [6.45, 7) is 7.61. The molecule has 2 N–H and O–H groups in total. The molecular formula is C30H40N2O3. The highest BCUT2D eigenvalue weighted by atomic mass is 16.3. The number of benzene rings is 2. The summed E-state index contributed by atoms with van der Waals surface area (Å²) in [6.07, 6.45) is 6.71. The zero-order chi connectivity index (χ0) is 25.0. The molecule has 1 saturated carbocycles. The van der Waals surface area contributed by atoms with Gasteiger partial charge in [-0.3, -0.25) is 9.59 Å². The monoisotopic (exact) mass is 476 g/mol. The van der Waals surface area contributed by atoms with Crippen molar-refractivity contribution in [3.63, 3.8) is 0 Å². The van der Waals surface area contributed by atoms with Crippen LogP contribution in [0, 0.1) is 5.92 Å². The van der Waals surface area contributed by atoms with Crippen molar-refractivity contribution in [3.05, 3.63) is 59.7 Å². The minimum atomic E-state index is -0.439. The third-order valence-corrected chi connectivity index (χ3v) is 7.96. The number of hydrogen-bond donors (Lipinski definition) is 2. The summed E-state index contributed by atoms with van der Waals surface area (Å²) in [7, 11) is 0. The Morgan fingerprint density at radius 3 is 2.34 bits per heavy atom. The van der Waals surface area contributed by atoms with Crippen LogP contribution in [0.25, 0.3) is 11.1 Å². The van der Waals surface area contributed by atoms with Crippen LogP contribution in [-0.4, -0.2) is 47.1 Å². The summed E-state index contributed by atoms with van der Waals surface area (Å²) in [5.41, 5.74) is 3.48. The summed E-state index contributed by atoms with van der Waals surface area (Å²) in [4.78, 5) is 26.0. The lowest BCUT2D eigenvalue weighted by molar-refractivity contribution is -0.130. The fraction of sp³-hybridized carbons (Fsp3) is 0.533. The molecule has 0 radical (unpaired) electrons. The number of amides is 2. The molecule has 1 heterocycles. The summed E-state index contributed by atoms with van der Waals surface area (Å²) in [6, 6.07) is 16.5. The standard InChI is InChI=1S/C30H40N2O3/c1-21(33)32-17-15-22(16-18-32)7-4-12-28(34)30(2,3)26-11-6-9-24(20-26)23-8-5-10-25(19-23)29(35)31-27-13-14-27/h5-6,8-11,19-20,22,27-28,34H,4,7,12-18H2,1-3H3,(H,31,35). The molecule has 2 aromatic carbocycles. The van der Waals surface area contributed by atoms with Crippen LogP contribution in [-0.2, 0) is 10.2 Å². The number of piperidine rings is 1. The average Bonchev–Trinajstić information content (AvgIpc) is 3.68. The molecule has 4 rings (SSSR count). The fourth-order valence-corrected chi connectivity index (χ4v) is 5.13. The van der Waals surface area contributed by atoms with Gasteiger partial charge in [-0.05, 0) is 66.8 Å². The number of nitrogens with one attached hydrogen (secondary N) is 1. The number of likely N-dealkylation sites (tertiary alicyclic amines) is 1. The molecule has 2 fully saturated rings. The minimum Gasteiger partial charge on any atom is -0.392 e. The van der Waals surface area contributed by atoms with Gasteiger partial charge in [-0.1, -0.05) is 63.1 Å². The quantitative estimate of drug-likeness (QED) is 0.515. The first kappa shape index (κ1) is 25.4. The second-order valence-electron chi connectivity index (χ2n) is 11.0. The molecule has 1 aliphatic heterocycles. The summed E-state index contributed by atoms with van der Waals surface area (Å²) < 4.78 is 0. The van der Waals surface area contributed by atoms with E-state index in [1.807, 2.05) is 35.2 Å². The molecule has 1 aliphatic carbocycles.